The van der Waals surface area contributed by atoms with Crippen LogP contribution in [-0.4, -0.2) is 23.9 Å². The second-order valence-electron chi connectivity index (χ2n) is 4.92. The minimum absolute atomic E-state index is 0.112. The molecule has 0 fully saturated rings. The normalized spacial score (nSPS) is 10.5. The number of carbonyl (C=O) groups excluding carboxylic acids is 1. The number of hydrogen-bond acceptors (Lipinski definition) is 4. The van der Waals surface area contributed by atoms with Crippen molar-refractivity contribution in [2.75, 3.05) is 18.4 Å². The standard InChI is InChI=1S/C13H17Cl2N3O3/c1-8(2)7-17-13(19)3-4-16-11-5-9(14)10(15)6-12(11)18(20)21/h5-6,8,16H,3-4,7H2,1-2H3,(H,17,19). The van der Waals surface area contributed by atoms with Crippen molar-refractivity contribution in [1.29, 1.82) is 0 Å². The molecule has 0 aliphatic heterocycles. The number of hydrogen-bond donors (Lipinski definition) is 2. The summed E-state index contributed by atoms with van der Waals surface area (Å²) < 4.78 is 0. The van der Waals surface area contributed by atoms with E-state index in [0.29, 0.717) is 12.5 Å². The summed E-state index contributed by atoms with van der Waals surface area (Å²) in [6.07, 6.45) is 0.212. The highest BCUT2D eigenvalue weighted by molar-refractivity contribution is 6.42. The molecule has 116 valence electrons. The number of carbonyl (C=O) groups is 1. The summed E-state index contributed by atoms with van der Waals surface area (Å²) in [4.78, 5) is 21.9. The van der Waals surface area contributed by atoms with Crippen LogP contribution in [0.4, 0.5) is 11.4 Å². The lowest BCUT2D eigenvalue weighted by Crippen LogP contribution is -2.28. The van der Waals surface area contributed by atoms with Crippen LogP contribution in [0.2, 0.25) is 10.0 Å². The van der Waals surface area contributed by atoms with Gasteiger partial charge in [0.2, 0.25) is 5.91 Å². The highest BCUT2D eigenvalue weighted by atomic mass is 35.5. The molecule has 1 aromatic rings. The van der Waals surface area contributed by atoms with Crippen molar-refractivity contribution in [3.63, 3.8) is 0 Å². The maximum Gasteiger partial charge on any atom is 0.293 e. The molecule has 0 unspecified atom stereocenters. The Morgan fingerprint density at radius 1 is 1.33 bits per heavy atom. The molecule has 2 N–H and O–H groups in total. The van der Waals surface area contributed by atoms with Gasteiger partial charge in [-0.3, -0.25) is 14.9 Å². The van der Waals surface area contributed by atoms with Crippen molar-refractivity contribution in [1.82, 2.24) is 5.32 Å². The second-order valence-corrected chi connectivity index (χ2v) is 5.73. The lowest BCUT2D eigenvalue weighted by atomic mass is 10.2. The van der Waals surface area contributed by atoms with Crippen molar-refractivity contribution in [3.8, 4) is 0 Å². The van der Waals surface area contributed by atoms with Gasteiger partial charge in [-0.1, -0.05) is 37.0 Å². The second kappa shape index (κ2) is 8.05. The predicted octanol–water partition coefficient (Wildman–Crippen LogP) is 3.48. The Bertz CT molecular complexity index is 536. The molecule has 0 radical (unpaired) electrons. The number of rotatable bonds is 7. The van der Waals surface area contributed by atoms with Crippen molar-refractivity contribution in [2.24, 2.45) is 5.92 Å². The maximum atomic E-state index is 11.5. The zero-order valence-corrected chi connectivity index (χ0v) is 13.3. The van der Waals surface area contributed by atoms with E-state index in [9.17, 15) is 14.9 Å². The van der Waals surface area contributed by atoms with Crippen LogP contribution in [0.25, 0.3) is 0 Å². The fourth-order valence-corrected chi connectivity index (χ4v) is 1.87. The molecule has 1 amide bonds. The van der Waals surface area contributed by atoms with Gasteiger partial charge < -0.3 is 10.6 Å². The van der Waals surface area contributed by atoms with Gasteiger partial charge in [-0.25, -0.2) is 0 Å². The molecule has 0 bridgehead atoms. The Labute approximate surface area is 133 Å². The number of benzene rings is 1. The largest absolute Gasteiger partial charge is 0.379 e. The summed E-state index contributed by atoms with van der Waals surface area (Å²) in [5, 5.41) is 16.9. The summed E-state index contributed by atoms with van der Waals surface area (Å²) in [5.41, 5.74) is 0.0676. The Morgan fingerprint density at radius 2 is 1.95 bits per heavy atom. The van der Waals surface area contributed by atoms with Gasteiger partial charge in [0, 0.05) is 25.6 Å². The first-order valence-corrected chi connectivity index (χ1v) is 7.21. The van der Waals surface area contributed by atoms with E-state index in [1.54, 1.807) is 0 Å². The lowest BCUT2D eigenvalue weighted by molar-refractivity contribution is -0.383. The third-order valence-electron chi connectivity index (χ3n) is 2.61. The molecule has 0 aliphatic carbocycles. The molecule has 1 aromatic carbocycles. The van der Waals surface area contributed by atoms with Crippen LogP contribution in [0.3, 0.4) is 0 Å². The number of nitro groups is 1. The molecular weight excluding hydrogens is 317 g/mol. The van der Waals surface area contributed by atoms with Gasteiger partial charge >= 0.3 is 0 Å². The first-order valence-electron chi connectivity index (χ1n) is 6.45. The van der Waals surface area contributed by atoms with E-state index < -0.39 is 4.92 Å². The van der Waals surface area contributed by atoms with Crippen LogP contribution in [0.5, 0.6) is 0 Å². The average molecular weight is 334 g/mol. The highest BCUT2D eigenvalue weighted by Gasteiger charge is 2.17. The van der Waals surface area contributed by atoms with Gasteiger partial charge in [0.25, 0.3) is 5.69 Å². The number of amides is 1. The average Bonchev–Trinajstić information content (AvgIpc) is 2.39. The van der Waals surface area contributed by atoms with Gasteiger partial charge in [-0.2, -0.15) is 0 Å². The van der Waals surface area contributed by atoms with Crippen LogP contribution < -0.4 is 10.6 Å². The summed E-state index contributed by atoms with van der Waals surface area (Å²) >= 11 is 11.6. The predicted molar refractivity (Wildman–Crippen MR) is 84.1 cm³/mol. The quantitative estimate of drug-likeness (QED) is 0.591. The fraction of sp³-hybridized carbons (Fsp3) is 0.462. The number of nitro benzene ring substituents is 1. The minimum atomic E-state index is -0.552. The minimum Gasteiger partial charge on any atom is -0.379 e. The van der Waals surface area contributed by atoms with Crippen molar-refractivity contribution >= 4 is 40.5 Å². The van der Waals surface area contributed by atoms with Gasteiger partial charge in [0.05, 0.1) is 15.0 Å². The van der Waals surface area contributed by atoms with Crippen LogP contribution in [0, 0.1) is 16.0 Å². The van der Waals surface area contributed by atoms with E-state index in [-0.39, 0.29) is 40.3 Å². The van der Waals surface area contributed by atoms with E-state index in [1.807, 2.05) is 13.8 Å². The Morgan fingerprint density at radius 3 is 2.52 bits per heavy atom. The number of anilines is 1. The third kappa shape index (κ3) is 5.77. The monoisotopic (exact) mass is 333 g/mol. The smallest absolute Gasteiger partial charge is 0.293 e. The van der Waals surface area contributed by atoms with Crippen LogP contribution >= 0.6 is 23.2 Å². The molecule has 8 heteroatoms. The zero-order valence-electron chi connectivity index (χ0n) is 11.8. The van der Waals surface area contributed by atoms with Crippen LogP contribution in [0.1, 0.15) is 20.3 Å². The van der Waals surface area contributed by atoms with Crippen molar-refractivity contribution in [3.05, 3.63) is 32.3 Å². The first kappa shape index (κ1) is 17.5. The van der Waals surface area contributed by atoms with E-state index >= 15 is 0 Å². The van der Waals surface area contributed by atoms with E-state index in [1.165, 1.54) is 12.1 Å². The van der Waals surface area contributed by atoms with E-state index in [2.05, 4.69) is 10.6 Å². The molecule has 0 atom stereocenters. The highest BCUT2D eigenvalue weighted by Crippen LogP contribution is 2.33. The summed E-state index contributed by atoms with van der Waals surface area (Å²) in [6, 6.07) is 2.57. The van der Waals surface area contributed by atoms with Gasteiger partial charge in [-0.15, -0.1) is 0 Å². The van der Waals surface area contributed by atoms with Crippen LogP contribution in [-0.2, 0) is 4.79 Å². The molecule has 0 aromatic heterocycles. The lowest BCUT2D eigenvalue weighted by Gasteiger charge is -2.10. The molecule has 0 saturated heterocycles. The number of halogens is 2. The zero-order chi connectivity index (χ0) is 16.0. The molecule has 0 aliphatic rings. The topological polar surface area (TPSA) is 84.3 Å². The molecule has 0 saturated carbocycles. The van der Waals surface area contributed by atoms with E-state index in [4.69, 9.17) is 23.2 Å². The molecule has 0 heterocycles. The SMILES string of the molecule is CC(C)CNC(=O)CCNc1cc(Cl)c(Cl)cc1[N+](=O)[O-]. The Hall–Kier alpha value is -1.53. The van der Waals surface area contributed by atoms with Gasteiger partial charge in [0.15, 0.2) is 0 Å². The summed E-state index contributed by atoms with van der Waals surface area (Å²) in [5.74, 6) is 0.261. The molecule has 6 nitrogen and oxygen atoms in total. The molecule has 0 spiro atoms. The van der Waals surface area contributed by atoms with E-state index in [0.717, 1.165) is 0 Å². The number of nitrogens with one attached hydrogen (secondary N) is 2. The Kier molecular flexibility index (Phi) is 6.71. The number of nitrogens with zero attached hydrogens (tertiary/aromatic N) is 1. The summed E-state index contributed by atoms with van der Waals surface area (Å²) in [6.45, 7) is 4.86. The first-order chi connectivity index (χ1) is 9.81. The van der Waals surface area contributed by atoms with Crippen LogP contribution in [0.15, 0.2) is 12.1 Å². The molecular formula is C13H17Cl2N3O3. The van der Waals surface area contributed by atoms with Gasteiger partial charge in [0.1, 0.15) is 5.69 Å². The fourth-order valence-electron chi connectivity index (χ4n) is 1.55. The third-order valence-corrected chi connectivity index (χ3v) is 3.33. The Balaban J connectivity index is 2.61. The molecule has 21 heavy (non-hydrogen) atoms. The molecule has 1 rings (SSSR count). The van der Waals surface area contributed by atoms with Crippen molar-refractivity contribution in [2.45, 2.75) is 20.3 Å². The summed E-state index contributed by atoms with van der Waals surface area (Å²) in [7, 11) is 0. The maximum absolute atomic E-state index is 11.5. The van der Waals surface area contributed by atoms with Gasteiger partial charge in [-0.05, 0) is 12.0 Å². The van der Waals surface area contributed by atoms with Crippen molar-refractivity contribution < 1.29 is 9.72 Å².